The molecule has 0 heterocycles. The Labute approximate surface area is 156 Å². The number of rotatable bonds is 6. The molecule has 136 valence electrons. The molecule has 4 nitrogen and oxygen atoms in total. The lowest BCUT2D eigenvalue weighted by molar-refractivity contribution is -0.119. The van der Waals surface area contributed by atoms with Gasteiger partial charge in [0.15, 0.2) is 0 Å². The maximum absolute atomic E-state index is 13.0. The first-order valence-electron chi connectivity index (χ1n) is 8.53. The van der Waals surface area contributed by atoms with Gasteiger partial charge in [0.1, 0.15) is 11.9 Å². The summed E-state index contributed by atoms with van der Waals surface area (Å²) in [6.45, 7) is 0. The molecule has 27 heavy (non-hydrogen) atoms. The molecule has 0 spiro atoms. The van der Waals surface area contributed by atoms with E-state index in [9.17, 15) is 14.0 Å². The van der Waals surface area contributed by atoms with Gasteiger partial charge in [0.25, 0.3) is 5.91 Å². The van der Waals surface area contributed by atoms with Crippen molar-refractivity contribution in [2.45, 2.75) is 12.5 Å². The molecule has 5 heteroatoms. The van der Waals surface area contributed by atoms with E-state index in [1.807, 2.05) is 42.5 Å². The zero-order valence-corrected chi connectivity index (χ0v) is 14.6. The summed E-state index contributed by atoms with van der Waals surface area (Å²) < 4.78 is 13.0. The van der Waals surface area contributed by atoms with Gasteiger partial charge in [0.05, 0.1) is 0 Å². The normalized spacial score (nSPS) is 11.6. The van der Waals surface area contributed by atoms with E-state index in [1.165, 1.54) is 12.1 Å². The summed E-state index contributed by atoms with van der Waals surface area (Å²) >= 11 is 0. The summed E-state index contributed by atoms with van der Waals surface area (Å²) in [6, 6.07) is 21.8. The molecule has 0 bridgehead atoms. The van der Waals surface area contributed by atoms with Crippen molar-refractivity contribution in [2.24, 2.45) is 5.73 Å². The van der Waals surface area contributed by atoms with E-state index in [0.717, 1.165) is 11.1 Å². The third kappa shape index (κ3) is 4.79. The van der Waals surface area contributed by atoms with Crippen molar-refractivity contribution >= 4 is 11.8 Å². The standard InChI is InChI=1S/C22H19FN2O2/c23-19-12-6-15(7-13-19)14-20(21(24)26)25-22(27)18-10-8-17(9-11-18)16-4-2-1-3-5-16/h1-13,20H,14H2,(H2,24,26)(H,25,27)/t20-/m1/s1. The molecule has 3 aromatic carbocycles. The van der Waals surface area contributed by atoms with Crippen molar-refractivity contribution in [2.75, 3.05) is 0 Å². The van der Waals surface area contributed by atoms with Gasteiger partial charge in [-0.05, 0) is 41.0 Å². The van der Waals surface area contributed by atoms with Crippen molar-refractivity contribution in [3.8, 4) is 11.1 Å². The first-order chi connectivity index (χ1) is 13.0. The van der Waals surface area contributed by atoms with Crippen LogP contribution in [0.1, 0.15) is 15.9 Å². The molecule has 0 aliphatic carbocycles. The summed E-state index contributed by atoms with van der Waals surface area (Å²) in [6.07, 6.45) is 0.198. The van der Waals surface area contributed by atoms with Crippen molar-refractivity contribution in [3.05, 3.63) is 95.8 Å². The van der Waals surface area contributed by atoms with Crippen LogP contribution in [0, 0.1) is 5.82 Å². The Balaban J connectivity index is 1.70. The highest BCUT2D eigenvalue weighted by atomic mass is 19.1. The number of nitrogens with one attached hydrogen (secondary N) is 1. The van der Waals surface area contributed by atoms with Crippen LogP contribution in [0.5, 0.6) is 0 Å². The molecule has 0 aliphatic rings. The van der Waals surface area contributed by atoms with Gasteiger partial charge < -0.3 is 11.1 Å². The number of primary amides is 1. The minimum Gasteiger partial charge on any atom is -0.368 e. The fraction of sp³-hybridized carbons (Fsp3) is 0.0909. The molecule has 0 unspecified atom stereocenters. The Morgan fingerprint density at radius 1 is 0.852 bits per heavy atom. The lowest BCUT2D eigenvalue weighted by atomic mass is 10.0. The summed E-state index contributed by atoms with van der Waals surface area (Å²) in [5.41, 5.74) is 8.59. The van der Waals surface area contributed by atoms with E-state index < -0.39 is 11.9 Å². The largest absolute Gasteiger partial charge is 0.368 e. The van der Waals surface area contributed by atoms with E-state index in [1.54, 1.807) is 24.3 Å². The molecule has 0 aromatic heterocycles. The molecule has 1 atom stereocenters. The first kappa shape index (κ1) is 18.3. The Bertz CT molecular complexity index is 923. The van der Waals surface area contributed by atoms with Gasteiger partial charge in [-0.25, -0.2) is 4.39 Å². The number of amides is 2. The van der Waals surface area contributed by atoms with Gasteiger partial charge in [0.2, 0.25) is 5.91 Å². The van der Waals surface area contributed by atoms with Crippen molar-refractivity contribution in [3.63, 3.8) is 0 Å². The fourth-order valence-electron chi connectivity index (χ4n) is 2.77. The summed E-state index contributed by atoms with van der Waals surface area (Å²) in [5, 5.41) is 2.65. The predicted octanol–water partition coefficient (Wildman–Crippen LogP) is 3.32. The Morgan fingerprint density at radius 2 is 1.44 bits per heavy atom. The summed E-state index contributed by atoms with van der Waals surface area (Å²) in [5.74, 6) is -1.40. The minimum atomic E-state index is -0.878. The fourth-order valence-corrected chi connectivity index (χ4v) is 2.77. The highest BCUT2D eigenvalue weighted by Crippen LogP contribution is 2.19. The molecule has 0 aliphatic heterocycles. The molecule has 3 aromatic rings. The van der Waals surface area contributed by atoms with Gasteiger partial charge in [-0.2, -0.15) is 0 Å². The third-order valence-electron chi connectivity index (χ3n) is 4.26. The average molecular weight is 362 g/mol. The number of nitrogens with two attached hydrogens (primary N) is 1. The zero-order valence-electron chi connectivity index (χ0n) is 14.6. The number of halogens is 1. The smallest absolute Gasteiger partial charge is 0.251 e. The van der Waals surface area contributed by atoms with Gasteiger partial charge in [-0.15, -0.1) is 0 Å². The third-order valence-corrected chi connectivity index (χ3v) is 4.26. The van der Waals surface area contributed by atoms with Crippen LogP contribution >= 0.6 is 0 Å². The predicted molar refractivity (Wildman–Crippen MR) is 102 cm³/mol. The number of benzene rings is 3. The highest BCUT2D eigenvalue weighted by Gasteiger charge is 2.19. The maximum Gasteiger partial charge on any atom is 0.251 e. The molecular formula is C22H19FN2O2. The van der Waals surface area contributed by atoms with Crippen LogP contribution in [0.25, 0.3) is 11.1 Å². The first-order valence-corrected chi connectivity index (χ1v) is 8.53. The average Bonchev–Trinajstić information content (AvgIpc) is 2.69. The van der Waals surface area contributed by atoms with Crippen LogP contribution in [0.4, 0.5) is 4.39 Å². The summed E-state index contributed by atoms with van der Waals surface area (Å²) in [4.78, 5) is 24.2. The second-order valence-corrected chi connectivity index (χ2v) is 6.20. The van der Waals surface area contributed by atoms with Gasteiger partial charge in [-0.3, -0.25) is 9.59 Å². The zero-order chi connectivity index (χ0) is 19.2. The molecule has 3 rings (SSSR count). The molecule has 0 fully saturated rings. The van der Waals surface area contributed by atoms with Crippen LogP contribution in [0.15, 0.2) is 78.9 Å². The topological polar surface area (TPSA) is 72.2 Å². The summed E-state index contributed by atoms with van der Waals surface area (Å²) in [7, 11) is 0. The second-order valence-electron chi connectivity index (χ2n) is 6.20. The molecule has 0 saturated heterocycles. The number of hydrogen-bond donors (Lipinski definition) is 2. The molecular weight excluding hydrogens is 343 g/mol. The van der Waals surface area contributed by atoms with E-state index in [0.29, 0.717) is 11.1 Å². The van der Waals surface area contributed by atoms with E-state index >= 15 is 0 Å². The molecule has 0 radical (unpaired) electrons. The van der Waals surface area contributed by atoms with Crippen molar-refractivity contribution < 1.29 is 14.0 Å². The SMILES string of the molecule is NC(=O)[C@@H](Cc1ccc(F)cc1)NC(=O)c1ccc(-c2ccccc2)cc1. The maximum atomic E-state index is 13.0. The van der Waals surface area contributed by atoms with Gasteiger partial charge >= 0.3 is 0 Å². The van der Waals surface area contributed by atoms with Gasteiger partial charge in [-0.1, -0.05) is 54.6 Å². The van der Waals surface area contributed by atoms with E-state index in [2.05, 4.69) is 5.32 Å². The van der Waals surface area contributed by atoms with Crippen molar-refractivity contribution in [1.82, 2.24) is 5.32 Å². The molecule has 0 saturated carbocycles. The van der Waals surface area contributed by atoms with Gasteiger partial charge in [0, 0.05) is 12.0 Å². The number of carbonyl (C=O) groups is 2. The lowest BCUT2D eigenvalue weighted by Crippen LogP contribution is -2.45. The monoisotopic (exact) mass is 362 g/mol. The van der Waals surface area contributed by atoms with E-state index in [4.69, 9.17) is 5.73 Å². The number of carbonyl (C=O) groups excluding carboxylic acids is 2. The van der Waals surface area contributed by atoms with Crippen LogP contribution in [0.2, 0.25) is 0 Å². The highest BCUT2D eigenvalue weighted by molar-refractivity contribution is 5.97. The minimum absolute atomic E-state index is 0.198. The van der Waals surface area contributed by atoms with Crippen LogP contribution in [-0.4, -0.2) is 17.9 Å². The van der Waals surface area contributed by atoms with Crippen LogP contribution < -0.4 is 11.1 Å². The van der Waals surface area contributed by atoms with Crippen molar-refractivity contribution in [1.29, 1.82) is 0 Å². The van der Waals surface area contributed by atoms with Crippen LogP contribution in [-0.2, 0) is 11.2 Å². The molecule has 2 amide bonds. The second kappa shape index (κ2) is 8.27. The quantitative estimate of drug-likeness (QED) is 0.706. The Kier molecular flexibility index (Phi) is 5.61. The Morgan fingerprint density at radius 3 is 2.04 bits per heavy atom. The number of hydrogen-bond acceptors (Lipinski definition) is 2. The van der Waals surface area contributed by atoms with E-state index in [-0.39, 0.29) is 18.1 Å². The molecule has 3 N–H and O–H groups in total. The lowest BCUT2D eigenvalue weighted by Gasteiger charge is -2.16. The van der Waals surface area contributed by atoms with Crippen LogP contribution in [0.3, 0.4) is 0 Å². The Hall–Kier alpha value is -3.47.